The molecule has 2 aliphatic rings. The average molecular weight is 278 g/mol. The molecule has 3 N–H and O–H groups in total. The van der Waals surface area contributed by atoms with Gasteiger partial charge in [0.05, 0.1) is 19.3 Å². The van der Waals surface area contributed by atoms with E-state index in [1.54, 1.807) is 12.1 Å². The van der Waals surface area contributed by atoms with Gasteiger partial charge in [0.1, 0.15) is 5.82 Å². The Morgan fingerprint density at radius 2 is 2.35 bits per heavy atom. The molecule has 2 heterocycles. The number of ether oxygens (including phenoxy) is 2. The predicted octanol–water partition coefficient (Wildman–Crippen LogP) is 0.180. The second-order valence-electron chi connectivity index (χ2n) is 5.18. The Morgan fingerprint density at radius 1 is 1.50 bits per heavy atom. The van der Waals surface area contributed by atoms with Gasteiger partial charge >= 0.3 is 5.97 Å². The first-order valence-corrected chi connectivity index (χ1v) is 6.76. The molecule has 3 rings (SSSR count). The van der Waals surface area contributed by atoms with Gasteiger partial charge in [-0.05, 0) is 25.0 Å². The molecule has 1 aromatic rings. The Balaban J connectivity index is 1.64. The molecule has 7 nitrogen and oxygen atoms in total. The van der Waals surface area contributed by atoms with Crippen LogP contribution in [0.4, 0.5) is 5.82 Å². The van der Waals surface area contributed by atoms with Crippen molar-refractivity contribution in [3.05, 3.63) is 17.8 Å². The summed E-state index contributed by atoms with van der Waals surface area (Å²) in [6.45, 7) is 0.791. The highest BCUT2D eigenvalue weighted by molar-refractivity contribution is 5.86. The number of nitrogens with two attached hydrogens (primary N) is 1. The van der Waals surface area contributed by atoms with Crippen LogP contribution in [0.5, 0.6) is 0 Å². The van der Waals surface area contributed by atoms with Gasteiger partial charge in [0, 0.05) is 18.6 Å². The van der Waals surface area contributed by atoms with E-state index in [4.69, 9.17) is 10.5 Å². The van der Waals surface area contributed by atoms with Gasteiger partial charge in [-0.2, -0.15) is 0 Å². The summed E-state index contributed by atoms with van der Waals surface area (Å²) in [4.78, 5) is 11.3. The maximum Gasteiger partial charge on any atom is 0.358 e. The van der Waals surface area contributed by atoms with Gasteiger partial charge in [-0.25, -0.2) is 4.79 Å². The number of hydrogen-bond acceptors (Lipinski definition) is 7. The minimum atomic E-state index is -0.500. The third kappa shape index (κ3) is 2.23. The van der Waals surface area contributed by atoms with Crippen LogP contribution in [-0.4, -0.2) is 48.1 Å². The zero-order chi connectivity index (χ0) is 14.1. The van der Waals surface area contributed by atoms with Crippen LogP contribution in [0.15, 0.2) is 12.1 Å². The van der Waals surface area contributed by atoms with Crippen LogP contribution in [0.3, 0.4) is 0 Å². The van der Waals surface area contributed by atoms with Gasteiger partial charge in [0.25, 0.3) is 0 Å². The minimum Gasteiger partial charge on any atom is -0.464 e. The van der Waals surface area contributed by atoms with Crippen LogP contribution in [0.25, 0.3) is 0 Å². The molecule has 1 aliphatic heterocycles. The van der Waals surface area contributed by atoms with Crippen molar-refractivity contribution in [2.45, 2.75) is 31.0 Å². The van der Waals surface area contributed by atoms with Gasteiger partial charge in [-0.1, -0.05) is 0 Å². The summed E-state index contributed by atoms with van der Waals surface area (Å²) in [5, 5.41) is 11.0. The maximum absolute atomic E-state index is 11.3. The Labute approximate surface area is 116 Å². The molecule has 7 heteroatoms. The number of anilines is 1. The first kappa shape index (κ1) is 13.3. The SMILES string of the molecule is COC(=O)c1ccc(NC2C(N)C3CCCOC32)nn1. The second-order valence-corrected chi connectivity index (χ2v) is 5.18. The number of fused-ring (bicyclic) bond motifs is 1. The lowest BCUT2D eigenvalue weighted by atomic mass is 9.68. The first-order valence-electron chi connectivity index (χ1n) is 6.76. The molecule has 4 atom stereocenters. The van der Waals surface area contributed by atoms with Crippen molar-refractivity contribution in [2.24, 2.45) is 11.7 Å². The van der Waals surface area contributed by atoms with E-state index in [2.05, 4.69) is 20.3 Å². The lowest BCUT2D eigenvalue weighted by Gasteiger charge is -2.52. The molecule has 108 valence electrons. The molecule has 1 saturated heterocycles. The normalized spacial score (nSPS) is 31.9. The number of rotatable bonds is 3. The molecule has 0 amide bonds. The summed E-state index contributed by atoms with van der Waals surface area (Å²) in [5.41, 5.74) is 6.34. The summed E-state index contributed by atoms with van der Waals surface area (Å²) in [7, 11) is 1.31. The zero-order valence-corrected chi connectivity index (χ0v) is 11.3. The number of methoxy groups -OCH3 is 1. The Bertz CT molecular complexity index is 493. The summed E-state index contributed by atoms with van der Waals surface area (Å²) in [6, 6.07) is 3.40. The number of esters is 1. The summed E-state index contributed by atoms with van der Waals surface area (Å²) in [6.07, 6.45) is 2.35. The summed E-state index contributed by atoms with van der Waals surface area (Å²) in [5.74, 6) is 0.523. The molecule has 20 heavy (non-hydrogen) atoms. The fourth-order valence-corrected chi connectivity index (χ4v) is 2.92. The van der Waals surface area contributed by atoms with Crippen LogP contribution >= 0.6 is 0 Å². The largest absolute Gasteiger partial charge is 0.464 e. The topological polar surface area (TPSA) is 99.4 Å². The van der Waals surface area contributed by atoms with E-state index in [0.29, 0.717) is 11.7 Å². The third-order valence-corrected chi connectivity index (χ3v) is 4.05. The van der Waals surface area contributed by atoms with Crippen molar-refractivity contribution in [3.63, 3.8) is 0 Å². The summed E-state index contributed by atoms with van der Waals surface area (Å²) < 4.78 is 10.3. The van der Waals surface area contributed by atoms with Crippen molar-refractivity contribution < 1.29 is 14.3 Å². The fraction of sp³-hybridized carbons (Fsp3) is 0.615. The first-order chi connectivity index (χ1) is 9.70. The fourth-order valence-electron chi connectivity index (χ4n) is 2.92. The van der Waals surface area contributed by atoms with Crippen LogP contribution in [0.2, 0.25) is 0 Å². The number of aromatic nitrogens is 2. The average Bonchev–Trinajstić information content (AvgIpc) is 2.52. The van der Waals surface area contributed by atoms with E-state index in [9.17, 15) is 4.79 Å². The third-order valence-electron chi connectivity index (χ3n) is 4.05. The number of nitrogens with one attached hydrogen (secondary N) is 1. The smallest absolute Gasteiger partial charge is 0.358 e. The minimum absolute atomic E-state index is 0.0542. The molecule has 0 spiro atoms. The van der Waals surface area contributed by atoms with Crippen molar-refractivity contribution >= 4 is 11.8 Å². The van der Waals surface area contributed by atoms with Gasteiger partial charge in [-0.15, -0.1) is 10.2 Å². The van der Waals surface area contributed by atoms with E-state index >= 15 is 0 Å². The Hall–Kier alpha value is -1.73. The molecule has 2 fully saturated rings. The highest BCUT2D eigenvalue weighted by Gasteiger charge is 2.50. The Morgan fingerprint density at radius 3 is 3.05 bits per heavy atom. The maximum atomic E-state index is 11.3. The molecule has 1 aliphatic carbocycles. The molecule has 0 aromatic carbocycles. The highest BCUT2D eigenvalue weighted by Crippen LogP contribution is 2.38. The summed E-state index contributed by atoms with van der Waals surface area (Å²) >= 11 is 0. The van der Waals surface area contributed by atoms with E-state index in [0.717, 1.165) is 19.4 Å². The lowest BCUT2D eigenvalue weighted by molar-refractivity contribution is -0.104. The second kappa shape index (κ2) is 5.34. The monoisotopic (exact) mass is 278 g/mol. The molecular weight excluding hydrogens is 260 g/mol. The molecule has 0 radical (unpaired) electrons. The highest BCUT2D eigenvalue weighted by atomic mass is 16.5. The quantitative estimate of drug-likeness (QED) is 0.761. The zero-order valence-electron chi connectivity index (χ0n) is 11.3. The number of hydrogen-bond donors (Lipinski definition) is 2. The number of nitrogens with zero attached hydrogens (tertiary/aromatic N) is 2. The van der Waals surface area contributed by atoms with Crippen molar-refractivity contribution in [3.8, 4) is 0 Å². The number of carbonyl (C=O) groups excluding carboxylic acids is 1. The van der Waals surface area contributed by atoms with E-state index in [1.807, 2.05) is 0 Å². The van der Waals surface area contributed by atoms with E-state index in [1.165, 1.54) is 7.11 Å². The lowest BCUT2D eigenvalue weighted by Crippen LogP contribution is -2.69. The molecule has 4 unspecified atom stereocenters. The van der Waals surface area contributed by atoms with Gasteiger partial charge in [0.15, 0.2) is 5.69 Å². The predicted molar refractivity (Wildman–Crippen MR) is 71.2 cm³/mol. The number of carbonyl (C=O) groups is 1. The van der Waals surface area contributed by atoms with E-state index in [-0.39, 0.29) is 23.9 Å². The molecule has 0 bridgehead atoms. The van der Waals surface area contributed by atoms with Crippen LogP contribution in [0, 0.1) is 5.92 Å². The van der Waals surface area contributed by atoms with Crippen molar-refractivity contribution in [1.82, 2.24) is 10.2 Å². The van der Waals surface area contributed by atoms with Gasteiger partial charge in [0.2, 0.25) is 0 Å². The van der Waals surface area contributed by atoms with Crippen LogP contribution in [0.1, 0.15) is 23.3 Å². The van der Waals surface area contributed by atoms with E-state index < -0.39 is 5.97 Å². The molecule has 1 saturated carbocycles. The van der Waals surface area contributed by atoms with Crippen LogP contribution < -0.4 is 11.1 Å². The van der Waals surface area contributed by atoms with Crippen molar-refractivity contribution in [2.75, 3.05) is 19.0 Å². The van der Waals surface area contributed by atoms with Gasteiger partial charge in [-0.3, -0.25) is 0 Å². The van der Waals surface area contributed by atoms with Gasteiger partial charge < -0.3 is 20.5 Å². The Kier molecular flexibility index (Phi) is 3.54. The van der Waals surface area contributed by atoms with Crippen LogP contribution in [-0.2, 0) is 9.47 Å². The standard InChI is InChI=1S/C13H18N4O3/c1-19-13(18)8-4-5-9(17-16-8)15-11-10(14)7-3-2-6-20-12(7)11/h4-5,7,10-12H,2-3,6,14H2,1H3,(H,15,17). The van der Waals surface area contributed by atoms with Crippen molar-refractivity contribution in [1.29, 1.82) is 0 Å². The molecule has 1 aromatic heterocycles. The molecular formula is C13H18N4O3.